The average Bonchev–Trinajstić information content (AvgIpc) is 3.00. The predicted octanol–water partition coefficient (Wildman–Crippen LogP) is 1.96. The van der Waals surface area contributed by atoms with E-state index in [1.54, 1.807) is 16.6 Å². The predicted molar refractivity (Wildman–Crippen MR) is 95.2 cm³/mol. The lowest BCUT2D eigenvalue weighted by Crippen LogP contribution is -2.19. The van der Waals surface area contributed by atoms with E-state index >= 15 is 0 Å². The Bertz CT molecular complexity index is 1110. The zero-order valence-corrected chi connectivity index (χ0v) is 13.6. The van der Waals surface area contributed by atoms with Crippen molar-refractivity contribution in [2.75, 3.05) is 5.73 Å². The van der Waals surface area contributed by atoms with Crippen LogP contribution in [0.15, 0.2) is 53.3 Å². The smallest absolute Gasteiger partial charge is 0.274 e. The van der Waals surface area contributed by atoms with Gasteiger partial charge in [0.15, 0.2) is 5.82 Å². The van der Waals surface area contributed by atoms with Crippen LogP contribution in [0.25, 0.3) is 17.2 Å². The summed E-state index contributed by atoms with van der Waals surface area (Å²) in [6, 6.07) is 15.3. The molecule has 0 saturated carbocycles. The van der Waals surface area contributed by atoms with Crippen LogP contribution in [0.4, 0.5) is 5.69 Å². The quantitative estimate of drug-likeness (QED) is 0.558. The monoisotopic (exact) mass is 332 g/mol. The molecule has 0 unspecified atom stereocenters. The van der Waals surface area contributed by atoms with Gasteiger partial charge in [-0.2, -0.15) is 9.61 Å². The highest BCUT2D eigenvalue weighted by Gasteiger charge is 2.13. The molecule has 4 rings (SSSR count). The molecule has 2 aromatic heterocycles. The number of aromatic nitrogens is 5. The summed E-state index contributed by atoms with van der Waals surface area (Å²) >= 11 is 0. The first-order valence-corrected chi connectivity index (χ1v) is 7.86. The topological polar surface area (TPSA) is 102 Å². The van der Waals surface area contributed by atoms with Crippen LogP contribution in [-0.4, -0.2) is 24.8 Å². The fourth-order valence-corrected chi connectivity index (χ4v) is 2.66. The maximum Gasteiger partial charge on any atom is 0.274 e. The number of H-pyrrole nitrogens is 1. The lowest BCUT2D eigenvalue weighted by Gasteiger charge is -2.04. The highest BCUT2D eigenvalue weighted by atomic mass is 16.1. The fourth-order valence-electron chi connectivity index (χ4n) is 2.66. The Kier molecular flexibility index (Phi) is 3.53. The van der Waals surface area contributed by atoms with E-state index in [-0.39, 0.29) is 5.56 Å². The van der Waals surface area contributed by atoms with Crippen molar-refractivity contribution < 1.29 is 0 Å². The number of nitrogens with zero attached hydrogens (tertiary/aromatic N) is 4. The molecule has 0 saturated heterocycles. The highest BCUT2D eigenvalue weighted by molar-refractivity contribution is 5.62. The van der Waals surface area contributed by atoms with E-state index in [9.17, 15) is 4.79 Å². The van der Waals surface area contributed by atoms with E-state index in [2.05, 4.69) is 20.3 Å². The van der Waals surface area contributed by atoms with Crippen LogP contribution in [0.5, 0.6) is 0 Å². The minimum atomic E-state index is -0.264. The van der Waals surface area contributed by atoms with Gasteiger partial charge in [-0.25, -0.2) is 0 Å². The Labute approximate surface area is 143 Å². The second-order valence-electron chi connectivity index (χ2n) is 5.95. The van der Waals surface area contributed by atoms with Crippen LogP contribution >= 0.6 is 0 Å². The van der Waals surface area contributed by atoms with Gasteiger partial charge in [-0.1, -0.05) is 42.0 Å². The molecular formula is C18H16N6O. The molecule has 0 aliphatic heterocycles. The number of nitrogens with two attached hydrogens (primary N) is 1. The zero-order chi connectivity index (χ0) is 17.4. The number of anilines is 1. The summed E-state index contributed by atoms with van der Waals surface area (Å²) in [5, 5.41) is 12.6. The number of hydrogen-bond donors (Lipinski definition) is 2. The number of hydrogen-bond acceptors (Lipinski definition) is 5. The Morgan fingerprint density at radius 1 is 1.12 bits per heavy atom. The molecule has 0 amide bonds. The zero-order valence-electron chi connectivity index (χ0n) is 13.6. The van der Waals surface area contributed by atoms with Crippen molar-refractivity contribution >= 4 is 11.5 Å². The molecule has 2 aromatic carbocycles. The largest absolute Gasteiger partial charge is 0.399 e. The van der Waals surface area contributed by atoms with Gasteiger partial charge in [0.25, 0.3) is 11.3 Å². The summed E-state index contributed by atoms with van der Waals surface area (Å²) in [5.41, 5.74) is 9.58. The third-order valence-electron chi connectivity index (χ3n) is 3.99. The van der Waals surface area contributed by atoms with Gasteiger partial charge in [0.05, 0.1) is 0 Å². The molecule has 0 fully saturated rings. The molecule has 0 spiro atoms. The summed E-state index contributed by atoms with van der Waals surface area (Å²) in [6.07, 6.45) is 0.431. The second-order valence-corrected chi connectivity index (χ2v) is 5.95. The van der Waals surface area contributed by atoms with E-state index in [1.165, 1.54) is 5.56 Å². The molecule has 124 valence electrons. The molecule has 0 atom stereocenters. The van der Waals surface area contributed by atoms with Crippen LogP contribution in [0.3, 0.4) is 0 Å². The van der Waals surface area contributed by atoms with Crippen LogP contribution in [-0.2, 0) is 6.42 Å². The van der Waals surface area contributed by atoms with Gasteiger partial charge in [-0.15, -0.1) is 10.2 Å². The second kappa shape index (κ2) is 5.86. The third kappa shape index (κ3) is 2.87. The maximum atomic E-state index is 12.3. The molecule has 0 aliphatic rings. The Morgan fingerprint density at radius 2 is 1.92 bits per heavy atom. The highest BCUT2D eigenvalue weighted by Crippen LogP contribution is 2.19. The Morgan fingerprint density at radius 3 is 2.68 bits per heavy atom. The van der Waals surface area contributed by atoms with Gasteiger partial charge in [-0.3, -0.25) is 9.78 Å². The molecule has 0 bridgehead atoms. The standard InChI is InChI=1S/C18H16N6O/c1-11-5-7-12(8-6-11)9-15-17(25)20-18-22-21-16(24(18)23-15)13-3-2-4-14(19)10-13/h2-8,10H,9,19H2,1H3,(H,20,22,25). The van der Waals surface area contributed by atoms with E-state index in [4.69, 9.17) is 5.73 Å². The van der Waals surface area contributed by atoms with Crippen LogP contribution in [0, 0.1) is 6.92 Å². The van der Waals surface area contributed by atoms with Gasteiger partial charge in [0.1, 0.15) is 5.69 Å². The maximum absolute atomic E-state index is 12.3. The van der Waals surface area contributed by atoms with Crippen molar-refractivity contribution in [2.24, 2.45) is 0 Å². The van der Waals surface area contributed by atoms with Gasteiger partial charge in [0.2, 0.25) is 0 Å². The Hall–Kier alpha value is -3.48. The summed E-state index contributed by atoms with van der Waals surface area (Å²) in [4.78, 5) is 15.0. The van der Waals surface area contributed by atoms with Crippen molar-refractivity contribution in [1.82, 2.24) is 24.8 Å². The third-order valence-corrected chi connectivity index (χ3v) is 3.99. The molecular weight excluding hydrogens is 316 g/mol. The molecule has 7 heteroatoms. The molecule has 25 heavy (non-hydrogen) atoms. The number of benzene rings is 2. The molecule has 2 heterocycles. The van der Waals surface area contributed by atoms with Crippen LogP contribution in [0.1, 0.15) is 16.8 Å². The summed E-state index contributed by atoms with van der Waals surface area (Å²) in [5.74, 6) is 0.832. The first-order valence-electron chi connectivity index (χ1n) is 7.86. The van der Waals surface area contributed by atoms with Crippen LogP contribution in [0.2, 0.25) is 0 Å². The lowest BCUT2D eigenvalue weighted by atomic mass is 10.1. The van der Waals surface area contributed by atoms with E-state index in [0.29, 0.717) is 29.4 Å². The number of fused-ring (bicyclic) bond motifs is 1. The van der Waals surface area contributed by atoms with Gasteiger partial charge >= 0.3 is 0 Å². The molecule has 0 radical (unpaired) electrons. The van der Waals surface area contributed by atoms with Crippen molar-refractivity contribution in [3.05, 3.63) is 75.7 Å². The number of nitrogens with one attached hydrogen (secondary N) is 1. The SMILES string of the molecule is Cc1ccc(Cc2nn3c(-c4cccc(N)c4)nnc3[nH]c2=O)cc1. The van der Waals surface area contributed by atoms with Crippen molar-refractivity contribution in [3.8, 4) is 11.4 Å². The van der Waals surface area contributed by atoms with E-state index < -0.39 is 0 Å². The number of nitrogen functional groups attached to an aromatic ring is 1. The van der Waals surface area contributed by atoms with Crippen LogP contribution < -0.4 is 11.3 Å². The summed E-state index contributed by atoms with van der Waals surface area (Å²) < 4.78 is 1.54. The van der Waals surface area contributed by atoms with Gasteiger partial charge in [0, 0.05) is 17.7 Å². The van der Waals surface area contributed by atoms with E-state index in [1.807, 2.05) is 43.3 Å². The molecule has 0 aliphatic carbocycles. The minimum absolute atomic E-state index is 0.264. The Balaban J connectivity index is 1.81. The number of rotatable bonds is 3. The molecule has 4 aromatic rings. The number of aromatic amines is 1. The van der Waals surface area contributed by atoms with E-state index in [0.717, 1.165) is 11.1 Å². The molecule has 3 N–H and O–H groups in total. The molecule has 7 nitrogen and oxygen atoms in total. The minimum Gasteiger partial charge on any atom is -0.399 e. The van der Waals surface area contributed by atoms with Crippen molar-refractivity contribution in [3.63, 3.8) is 0 Å². The summed E-state index contributed by atoms with van der Waals surface area (Å²) in [7, 11) is 0. The van der Waals surface area contributed by atoms with Crippen molar-refractivity contribution in [1.29, 1.82) is 0 Å². The average molecular weight is 332 g/mol. The fraction of sp³-hybridized carbons (Fsp3) is 0.111. The normalized spacial score (nSPS) is 11.1. The van der Waals surface area contributed by atoms with Gasteiger partial charge < -0.3 is 5.73 Å². The summed E-state index contributed by atoms with van der Waals surface area (Å²) in [6.45, 7) is 2.02. The van der Waals surface area contributed by atoms with Crippen molar-refractivity contribution in [2.45, 2.75) is 13.3 Å². The van der Waals surface area contributed by atoms with Gasteiger partial charge in [-0.05, 0) is 24.6 Å². The number of aryl methyl sites for hydroxylation is 1. The first kappa shape index (κ1) is 15.1. The first-order chi connectivity index (χ1) is 12.1. The lowest BCUT2D eigenvalue weighted by molar-refractivity contribution is 0.829.